The van der Waals surface area contributed by atoms with Crippen LogP contribution in [0.1, 0.15) is 31.9 Å². The highest BCUT2D eigenvalue weighted by molar-refractivity contribution is 6.21. The molecule has 0 N–H and O–H groups in total. The van der Waals surface area contributed by atoms with Crippen LogP contribution in [0.4, 0.5) is 0 Å². The molecule has 0 bridgehead atoms. The van der Waals surface area contributed by atoms with Crippen LogP contribution in [0.2, 0.25) is 0 Å². The van der Waals surface area contributed by atoms with E-state index in [1.54, 1.807) is 0 Å². The summed E-state index contributed by atoms with van der Waals surface area (Å²) in [6.45, 7) is 8.66. The Kier molecular flexibility index (Phi) is 3.60. The molecule has 1 atom stereocenters. The summed E-state index contributed by atoms with van der Waals surface area (Å²) < 4.78 is 0. The monoisotopic (exact) mass is 210 g/mol. The molecule has 0 amide bonds. The molecule has 1 rings (SSSR count). The Bertz CT molecular complexity index is 296. The van der Waals surface area contributed by atoms with Crippen LogP contribution in [0.5, 0.6) is 0 Å². The van der Waals surface area contributed by atoms with Crippen molar-refractivity contribution in [2.75, 3.05) is 0 Å². The molecule has 1 unspecified atom stereocenters. The van der Waals surface area contributed by atoms with E-state index in [1.165, 1.54) is 11.1 Å². The van der Waals surface area contributed by atoms with Crippen LogP contribution in [0.3, 0.4) is 0 Å². The molecule has 1 aromatic carbocycles. The van der Waals surface area contributed by atoms with Crippen LogP contribution in [-0.2, 0) is 6.42 Å². The Morgan fingerprint density at radius 1 is 1.29 bits per heavy atom. The molecule has 0 saturated carbocycles. The standard InChI is InChI=1S/C13H19Cl/c1-10-6-5-7-11(8-10)9-12(14)13(2,3)4/h5-8,12H,9H2,1-4H3. The summed E-state index contributed by atoms with van der Waals surface area (Å²) in [5.41, 5.74) is 2.81. The zero-order valence-electron chi connectivity index (χ0n) is 9.47. The van der Waals surface area contributed by atoms with E-state index in [2.05, 4.69) is 52.0 Å². The predicted octanol–water partition coefficient (Wildman–Crippen LogP) is 4.19. The largest absolute Gasteiger partial charge is 0.122 e. The van der Waals surface area contributed by atoms with Crippen LogP contribution in [0, 0.1) is 12.3 Å². The lowest BCUT2D eigenvalue weighted by Crippen LogP contribution is -2.22. The summed E-state index contributed by atoms with van der Waals surface area (Å²) in [5, 5.41) is 0.198. The Balaban J connectivity index is 2.70. The first kappa shape index (κ1) is 11.6. The molecule has 1 heteroatoms. The van der Waals surface area contributed by atoms with Gasteiger partial charge in [0.1, 0.15) is 0 Å². The molecule has 78 valence electrons. The highest BCUT2D eigenvalue weighted by Crippen LogP contribution is 2.27. The van der Waals surface area contributed by atoms with Gasteiger partial charge in [0.25, 0.3) is 0 Å². The van der Waals surface area contributed by atoms with Gasteiger partial charge >= 0.3 is 0 Å². The fraction of sp³-hybridized carbons (Fsp3) is 0.538. The highest BCUT2D eigenvalue weighted by atomic mass is 35.5. The van der Waals surface area contributed by atoms with Gasteiger partial charge in [-0.25, -0.2) is 0 Å². The predicted molar refractivity (Wildman–Crippen MR) is 64.0 cm³/mol. The van der Waals surface area contributed by atoms with Crippen molar-refractivity contribution in [3.05, 3.63) is 35.4 Å². The molecule has 0 aliphatic rings. The third kappa shape index (κ3) is 3.34. The van der Waals surface area contributed by atoms with Crippen molar-refractivity contribution < 1.29 is 0 Å². The summed E-state index contributed by atoms with van der Waals surface area (Å²) in [5.74, 6) is 0. The molecule has 0 saturated heterocycles. The Labute approximate surface area is 92.3 Å². The van der Waals surface area contributed by atoms with Gasteiger partial charge in [-0.15, -0.1) is 11.6 Å². The molecule has 0 nitrogen and oxygen atoms in total. The molecule has 14 heavy (non-hydrogen) atoms. The van der Waals surface area contributed by atoms with Crippen molar-refractivity contribution in [3.8, 4) is 0 Å². The summed E-state index contributed by atoms with van der Waals surface area (Å²) in [7, 11) is 0. The average Bonchev–Trinajstić information content (AvgIpc) is 2.02. The fourth-order valence-electron chi connectivity index (χ4n) is 1.35. The van der Waals surface area contributed by atoms with Crippen LogP contribution >= 0.6 is 11.6 Å². The summed E-state index contributed by atoms with van der Waals surface area (Å²) in [6, 6.07) is 8.57. The molecule has 0 heterocycles. The van der Waals surface area contributed by atoms with E-state index < -0.39 is 0 Å². The van der Waals surface area contributed by atoms with Crippen LogP contribution in [-0.4, -0.2) is 5.38 Å². The summed E-state index contributed by atoms with van der Waals surface area (Å²) in [4.78, 5) is 0. The van der Waals surface area contributed by atoms with E-state index in [1.807, 2.05) is 0 Å². The molecule has 0 radical (unpaired) electrons. The van der Waals surface area contributed by atoms with Gasteiger partial charge in [-0.05, 0) is 24.3 Å². The molecule has 0 aliphatic heterocycles. The molecular formula is C13H19Cl. The van der Waals surface area contributed by atoms with Gasteiger partial charge in [-0.3, -0.25) is 0 Å². The maximum absolute atomic E-state index is 6.34. The maximum atomic E-state index is 6.34. The van der Waals surface area contributed by atoms with E-state index in [4.69, 9.17) is 11.6 Å². The van der Waals surface area contributed by atoms with Gasteiger partial charge in [0.15, 0.2) is 0 Å². The first-order valence-corrected chi connectivity index (χ1v) is 5.53. The number of hydrogen-bond donors (Lipinski definition) is 0. The van der Waals surface area contributed by atoms with Gasteiger partial charge in [0, 0.05) is 5.38 Å². The van der Waals surface area contributed by atoms with Crippen molar-refractivity contribution in [2.24, 2.45) is 5.41 Å². The minimum absolute atomic E-state index is 0.172. The third-order valence-electron chi connectivity index (χ3n) is 2.44. The SMILES string of the molecule is Cc1cccc(CC(Cl)C(C)(C)C)c1. The lowest BCUT2D eigenvalue weighted by molar-refractivity contribution is 0.386. The Hall–Kier alpha value is -0.490. The van der Waals surface area contributed by atoms with Gasteiger partial charge < -0.3 is 0 Å². The summed E-state index contributed by atoms with van der Waals surface area (Å²) in [6.07, 6.45) is 0.951. The number of aryl methyl sites for hydroxylation is 1. The summed E-state index contributed by atoms with van der Waals surface area (Å²) >= 11 is 6.34. The average molecular weight is 211 g/mol. The zero-order valence-corrected chi connectivity index (χ0v) is 10.2. The Morgan fingerprint density at radius 3 is 2.43 bits per heavy atom. The highest BCUT2D eigenvalue weighted by Gasteiger charge is 2.22. The van der Waals surface area contributed by atoms with Crippen molar-refractivity contribution in [2.45, 2.75) is 39.5 Å². The Morgan fingerprint density at radius 2 is 1.93 bits per heavy atom. The van der Waals surface area contributed by atoms with Crippen LogP contribution < -0.4 is 0 Å². The fourth-order valence-corrected chi connectivity index (χ4v) is 1.53. The van der Waals surface area contributed by atoms with Gasteiger partial charge in [0.2, 0.25) is 0 Å². The van der Waals surface area contributed by atoms with Crippen molar-refractivity contribution in [1.82, 2.24) is 0 Å². The van der Waals surface area contributed by atoms with Crippen molar-refractivity contribution in [3.63, 3.8) is 0 Å². The number of halogens is 1. The number of alkyl halides is 1. The second kappa shape index (κ2) is 4.35. The topological polar surface area (TPSA) is 0 Å². The van der Waals surface area contributed by atoms with Gasteiger partial charge in [-0.2, -0.15) is 0 Å². The first-order chi connectivity index (χ1) is 6.39. The lowest BCUT2D eigenvalue weighted by atomic mass is 9.88. The van der Waals surface area contributed by atoms with E-state index in [0.29, 0.717) is 0 Å². The smallest absolute Gasteiger partial charge is 0.0424 e. The lowest BCUT2D eigenvalue weighted by Gasteiger charge is -2.25. The second-order valence-electron chi connectivity index (χ2n) is 5.03. The van der Waals surface area contributed by atoms with Gasteiger partial charge in [0.05, 0.1) is 0 Å². The van der Waals surface area contributed by atoms with Crippen LogP contribution in [0.15, 0.2) is 24.3 Å². The number of hydrogen-bond acceptors (Lipinski definition) is 0. The quantitative estimate of drug-likeness (QED) is 0.643. The number of rotatable bonds is 2. The van der Waals surface area contributed by atoms with E-state index in [9.17, 15) is 0 Å². The maximum Gasteiger partial charge on any atom is 0.0424 e. The zero-order chi connectivity index (χ0) is 10.8. The van der Waals surface area contributed by atoms with Crippen LogP contribution in [0.25, 0.3) is 0 Å². The first-order valence-electron chi connectivity index (χ1n) is 5.09. The molecule has 1 aromatic rings. The molecule has 0 spiro atoms. The van der Waals surface area contributed by atoms with Crippen molar-refractivity contribution in [1.29, 1.82) is 0 Å². The minimum Gasteiger partial charge on any atom is -0.122 e. The third-order valence-corrected chi connectivity index (χ3v) is 3.25. The van der Waals surface area contributed by atoms with E-state index in [0.717, 1.165) is 6.42 Å². The molecular weight excluding hydrogens is 192 g/mol. The number of benzene rings is 1. The molecule has 0 aliphatic carbocycles. The van der Waals surface area contributed by atoms with Crippen molar-refractivity contribution >= 4 is 11.6 Å². The second-order valence-corrected chi connectivity index (χ2v) is 5.55. The minimum atomic E-state index is 0.172. The molecule has 0 aromatic heterocycles. The van der Waals surface area contributed by atoms with E-state index in [-0.39, 0.29) is 10.8 Å². The van der Waals surface area contributed by atoms with Gasteiger partial charge in [-0.1, -0.05) is 50.6 Å². The molecule has 0 fully saturated rings. The van der Waals surface area contributed by atoms with E-state index >= 15 is 0 Å². The normalized spacial score (nSPS) is 14.1.